The van der Waals surface area contributed by atoms with E-state index in [0.29, 0.717) is 12.8 Å². The molecule has 0 amide bonds. The first-order valence-corrected chi connectivity index (χ1v) is 22.9. The Kier molecular flexibility index (Phi) is 38.1. The minimum absolute atomic E-state index is 0.174. The average molecular weight is 787 g/mol. The molecule has 0 aliphatic carbocycles. The molecule has 0 fully saturated rings. The van der Waals surface area contributed by atoms with E-state index >= 15 is 0 Å². The van der Waals surface area contributed by atoms with Gasteiger partial charge in [-0.15, -0.1) is 0 Å². The Morgan fingerprint density at radius 1 is 0.556 bits per heavy atom. The van der Waals surface area contributed by atoms with E-state index in [0.717, 1.165) is 77.0 Å². The van der Waals surface area contributed by atoms with Crippen LogP contribution in [0.5, 0.6) is 0 Å². The van der Waals surface area contributed by atoms with Crippen molar-refractivity contribution >= 4 is 19.8 Å². The molecule has 10 nitrogen and oxygen atoms in total. The Morgan fingerprint density at radius 3 is 1.44 bits per heavy atom. The van der Waals surface area contributed by atoms with Crippen LogP contribution in [0.4, 0.5) is 0 Å². The summed E-state index contributed by atoms with van der Waals surface area (Å²) in [6.07, 6.45) is 39.6. The highest BCUT2D eigenvalue weighted by atomic mass is 31.2. The summed E-state index contributed by atoms with van der Waals surface area (Å²) in [4.78, 5) is 34.9. The van der Waals surface area contributed by atoms with Gasteiger partial charge < -0.3 is 24.6 Å². The van der Waals surface area contributed by atoms with Gasteiger partial charge in [0, 0.05) is 12.8 Å². The number of carbonyl (C=O) groups excluding carboxylic acids is 2. The van der Waals surface area contributed by atoms with Crippen LogP contribution in [0, 0.1) is 0 Å². The smallest absolute Gasteiger partial charge is 0.462 e. The first kappa shape index (κ1) is 52.2. The van der Waals surface area contributed by atoms with Crippen LogP contribution in [0.1, 0.15) is 187 Å². The average Bonchev–Trinajstić information content (AvgIpc) is 3.16. The second-order valence-corrected chi connectivity index (χ2v) is 15.8. The van der Waals surface area contributed by atoms with Gasteiger partial charge >= 0.3 is 19.8 Å². The molecule has 0 radical (unpaired) electrons. The van der Waals surface area contributed by atoms with Gasteiger partial charge in [-0.25, -0.2) is 4.57 Å². The molecule has 3 N–H and O–H groups in total. The number of hydrogen-bond acceptors (Lipinski definition) is 9. The third-order valence-electron chi connectivity index (χ3n) is 9.02. The number of aliphatic hydroxyl groups excluding tert-OH is 2. The molecule has 54 heavy (non-hydrogen) atoms. The number of phosphoric acid groups is 1. The molecule has 3 unspecified atom stereocenters. The zero-order valence-corrected chi connectivity index (χ0v) is 35.1. The molecular formula is C43H79O10P. The number of ether oxygens (including phenoxy) is 2. The third-order valence-corrected chi connectivity index (χ3v) is 9.97. The topological polar surface area (TPSA) is 149 Å². The lowest BCUT2D eigenvalue weighted by Crippen LogP contribution is -2.29. The first-order valence-electron chi connectivity index (χ1n) is 21.4. The summed E-state index contributed by atoms with van der Waals surface area (Å²) < 4.78 is 32.7. The number of allylic oxidation sites excluding steroid dienone is 6. The third kappa shape index (κ3) is 38.5. The molecule has 0 aromatic rings. The fourth-order valence-corrected chi connectivity index (χ4v) is 6.45. The number of esters is 2. The molecule has 0 bridgehead atoms. The van der Waals surface area contributed by atoms with Crippen molar-refractivity contribution in [3.05, 3.63) is 36.5 Å². The minimum Gasteiger partial charge on any atom is -0.462 e. The molecule has 0 saturated heterocycles. The van der Waals surface area contributed by atoms with Crippen LogP contribution in [0.15, 0.2) is 36.5 Å². The fourth-order valence-electron chi connectivity index (χ4n) is 5.66. The highest BCUT2D eigenvalue weighted by Crippen LogP contribution is 2.43. The second kappa shape index (κ2) is 39.4. The molecule has 11 heteroatoms. The van der Waals surface area contributed by atoms with E-state index < -0.39 is 51.8 Å². The second-order valence-electron chi connectivity index (χ2n) is 14.4. The van der Waals surface area contributed by atoms with Gasteiger partial charge in [0.15, 0.2) is 6.10 Å². The summed E-state index contributed by atoms with van der Waals surface area (Å²) >= 11 is 0. The maximum absolute atomic E-state index is 12.6. The van der Waals surface area contributed by atoms with Gasteiger partial charge in [0.2, 0.25) is 0 Å². The molecule has 0 aliphatic heterocycles. The summed E-state index contributed by atoms with van der Waals surface area (Å²) in [5.74, 6) is -0.943. The van der Waals surface area contributed by atoms with Crippen LogP contribution in [0.3, 0.4) is 0 Å². The molecule has 0 spiro atoms. The number of aliphatic hydroxyl groups is 2. The molecule has 0 aliphatic rings. The van der Waals surface area contributed by atoms with Crippen molar-refractivity contribution in [1.29, 1.82) is 0 Å². The zero-order chi connectivity index (χ0) is 39.8. The summed E-state index contributed by atoms with van der Waals surface area (Å²) in [5.41, 5.74) is 0. The summed E-state index contributed by atoms with van der Waals surface area (Å²) in [6, 6.07) is 0. The maximum Gasteiger partial charge on any atom is 0.472 e. The highest BCUT2D eigenvalue weighted by Gasteiger charge is 2.27. The van der Waals surface area contributed by atoms with Crippen LogP contribution in [0.2, 0.25) is 0 Å². The van der Waals surface area contributed by atoms with Gasteiger partial charge in [0.25, 0.3) is 0 Å². The van der Waals surface area contributed by atoms with Crippen molar-refractivity contribution in [2.45, 2.75) is 199 Å². The Labute approximate surface area is 329 Å². The zero-order valence-electron chi connectivity index (χ0n) is 34.2. The van der Waals surface area contributed by atoms with Gasteiger partial charge in [-0.2, -0.15) is 0 Å². The van der Waals surface area contributed by atoms with Crippen LogP contribution in [0.25, 0.3) is 0 Å². The minimum atomic E-state index is -4.62. The van der Waals surface area contributed by atoms with Gasteiger partial charge in [0.1, 0.15) is 12.7 Å². The van der Waals surface area contributed by atoms with E-state index in [2.05, 4.69) is 54.8 Å². The molecule has 0 saturated carbocycles. The first-order chi connectivity index (χ1) is 26.2. The lowest BCUT2D eigenvalue weighted by Gasteiger charge is -2.20. The van der Waals surface area contributed by atoms with Gasteiger partial charge in [-0.1, -0.05) is 140 Å². The number of hydrogen-bond donors (Lipinski definition) is 3. The molecule has 3 atom stereocenters. The van der Waals surface area contributed by atoms with E-state index in [1.54, 1.807) is 0 Å². The molecule has 316 valence electrons. The fraction of sp³-hybridized carbons (Fsp3) is 0.814. The molecule has 0 aromatic heterocycles. The lowest BCUT2D eigenvalue weighted by atomic mass is 10.1. The van der Waals surface area contributed by atoms with Crippen LogP contribution < -0.4 is 0 Å². The molecular weight excluding hydrogens is 707 g/mol. The van der Waals surface area contributed by atoms with Gasteiger partial charge in [-0.05, 0) is 70.6 Å². The van der Waals surface area contributed by atoms with E-state index in [1.165, 1.54) is 70.6 Å². The Balaban J connectivity index is 4.32. The predicted octanol–water partition coefficient (Wildman–Crippen LogP) is 11.2. The van der Waals surface area contributed by atoms with Crippen molar-refractivity contribution in [1.82, 2.24) is 0 Å². The number of carbonyl (C=O) groups is 2. The Morgan fingerprint density at radius 2 is 0.963 bits per heavy atom. The van der Waals surface area contributed by atoms with Crippen molar-refractivity contribution in [2.24, 2.45) is 0 Å². The van der Waals surface area contributed by atoms with Crippen LogP contribution >= 0.6 is 7.82 Å². The summed E-state index contributed by atoms with van der Waals surface area (Å²) in [5, 5.41) is 18.3. The largest absolute Gasteiger partial charge is 0.472 e. The summed E-state index contributed by atoms with van der Waals surface area (Å²) in [6.45, 7) is 2.33. The van der Waals surface area contributed by atoms with Crippen molar-refractivity contribution in [3.8, 4) is 0 Å². The van der Waals surface area contributed by atoms with E-state index in [-0.39, 0.29) is 19.4 Å². The highest BCUT2D eigenvalue weighted by molar-refractivity contribution is 7.47. The number of rotatable bonds is 40. The quantitative estimate of drug-likeness (QED) is 0.0237. The number of unbranched alkanes of at least 4 members (excludes halogenated alkanes) is 20. The number of phosphoric ester groups is 1. The SMILES string of the molecule is CCCCCC/C=C\C/C=C\CCCCCCCCCC(=O)OC(COC(=O)CCCCCCC/C=C\CCCCCC)COP(=O)(O)OCC(O)CO. The monoisotopic (exact) mass is 787 g/mol. The Hall–Kier alpha value is -1.81. The van der Waals surface area contributed by atoms with E-state index in [1.807, 2.05) is 0 Å². The van der Waals surface area contributed by atoms with Crippen molar-refractivity contribution in [3.63, 3.8) is 0 Å². The summed E-state index contributed by atoms with van der Waals surface area (Å²) in [7, 11) is -4.62. The standard InChI is InChI=1S/C43H79O10P/c1-3-5-7-9-11-13-15-17-18-19-20-21-23-25-27-29-31-33-35-43(47)53-41(39-52-54(48,49)51-37-40(45)36-44)38-50-42(46)34-32-30-28-26-24-22-16-14-12-10-8-6-4-2/h13-16,18-19,40-41,44-45H,3-12,17,20-39H2,1-2H3,(H,48,49)/b15-13-,16-14-,19-18-. The molecule has 0 aromatic carbocycles. The predicted molar refractivity (Wildman–Crippen MR) is 219 cm³/mol. The van der Waals surface area contributed by atoms with Gasteiger partial charge in [-0.3, -0.25) is 18.6 Å². The maximum atomic E-state index is 12.6. The van der Waals surface area contributed by atoms with Crippen molar-refractivity contribution < 1.29 is 47.8 Å². The van der Waals surface area contributed by atoms with E-state index in [4.69, 9.17) is 19.1 Å². The van der Waals surface area contributed by atoms with Crippen LogP contribution in [-0.4, -0.2) is 65.7 Å². The normalized spacial score (nSPS) is 14.2. The van der Waals surface area contributed by atoms with Gasteiger partial charge in [0.05, 0.1) is 19.8 Å². The van der Waals surface area contributed by atoms with Crippen LogP contribution in [-0.2, 0) is 32.7 Å². The molecule has 0 rings (SSSR count). The van der Waals surface area contributed by atoms with E-state index in [9.17, 15) is 24.2 Å². The lowest BCUT2D eigenvalue weighted by molar-refractivity contribution is -0.161. The van der Waals surface area contributed by atoms with Crippen molar-refractivity contribution in [2.75, 3.05) is 26.4 Å². The Bertz CT molecular complexity index is 999. The molecule has 0 heterocycles.